The lowest BCUT2D eigenvalue weighted by Crippen LogP contribution is -2.50. The van der Waals surface area contributed by atoms with Crippen molar-refractivity contribution in [3.8, 4) is 5.75 Å². The molecule has 1 fully saturated rings. The molecule has 22 heavy (non-hydrogen) atoms. The first kappa shape index (κ1) is 17.2. The average molecular weight is 309 g/mol. The highest BCUT2D eigenvalue weighted by Gasteiger charge is 2.25. The third-order valence-electron chi connectivity index (χ3n) is 3.92. The van der Waals surface area contributed by atoms with Gasteiger partial charge in [0.1, 0.15) is 5.75 Å². The molecule has 3 atom stereocenters. The van der Waals surface area contributed by atoms with Gasteiger partial charge in [0, 0.05) is 19.1 Å². The summed E-state index contributed by atoms with van der Waals surface area (Å²) in [5.41, 5.74) is 1.07. The molecular weight excluding hydrogens is 282 g/mol. The van der Waals surface area contributed by atoms with Crippen LogP contribution in [0.2, 0.25) is 0 Å². The van der Waals surface area contributed by atoms with Gasteiger partial charge >= 0.3 is 0 Å². The van der Waals surface area contributed by atoms with E-state index in [9.17, 15) is 5.11 Å². The van der Waals surface area contributed by atoms with Gasteiger partial charge in [-0.25, -0.2) is 0 Å². The van der Waals surface area contributed by atoms with E-state index in [1.165, 1.54) is 0 Å². The van der Waals surface area contributed by atoms with Crippen molar-refractivity contribution in [2.24, 2.45) is 0 Å². The summed E-state index contributed by atoms with van der Waals surface area (Å²) in [4.78, 5) is 2.26. The fourth-order valence-corrected chi connectivity index (χ4v) is 2.58. The summed E-state index contributed by atoms with van der Waals surface area (Å²) in [7, 11) is 1.65. The number of aliphatic hydroxyl groups excluding tert-OH is 1. The van der Waals surface area contributed by atoms with E-state index < -0.39 is 6.10 Å². The molecule has 0 spiro atoms. The first-order chi connectivity index (χ1) is 10.6. The summed E-state index contributed by atoms with van der Waals surface area (Å²) < 4.78 is 16.3. The molecule has 1 aromatic rings. The Morgan fingerprint density at radius 2 is 2.05 bits per heavy atom. The molecule has 0 bridgehead atoms. The summed E-state index contributed by atoms with van der Waals surface area (Å²) in [5.74, 6) is 0.833. The molecule has 1 aliphatic rings. The molecule has 5 heteroatoms. The van der Waals surface area contributed by atoms with Gasteiger partial charge in [-0.05, 0) is 31.5 Å². The van der Waals surface area contributed by atoms with E-state index in [1.807, 2.05) is 24.3 Å². The van der Waals surface area contributed by atoms with Crippen LogP contribution in [0.15, 0.2) is 24.3 Å². The Balaban J connectivity index is 1.69. The maximum atomic E-state index is 10.1. The summed E-state index contributed by atoms with van der Waals surface area (Å²) >= 11 is 0. The summed E-state index contributed by atoms with van der Waals surface area (Å²) in [6, 6.07) is 8.10. The topological polar surface area (TPSA) is 51.2 Å². The van der Waals surface area contributed by atoms with Crippen LogP contribution in [0.3, 0.4) is 0 Å². The molecule has 0 amide bonds. The predicted molar refractivity (Wildman–Crippen MR) is 85.1 cm³/mol. The van der Waals surface area contributed by atoms with Crippen LogP contribution in [0.1, 0.15) is 19.4 Å². The Kier molecular flexibility index (Phi) is 6.64. The molecule has 0 unspecified atom stereocenters. The van der Waals surface area contributed by atoms with Crippen molar-refractivity contribution in [1.82, 2.24) is 4.90 Å². The normalized spacial score (nSPS) is 24.2. The van der Waals surface area contributed by atoms with Crippen molar-refractivity contribution in [3.63, 3.8) is 0 Å². The number of β-amino-alcohol motifs (C(OH)–C–C–N with tert-alkyl or cyclic N) is 1. The van der Waals surface area contributed by atoms with Gasteiger partial charge in [-0.3, -0.25) is 4.90 Å². The Morgan fingerprint density at radius 1 is 1.32 bits per heavy atom. The fraction of sp³-hybridized carbons (Fsp3) is 0.647. The molecule has 1 N–H and O–H groups in total. The third-order valence-corrected chi connectivity index (χ3v) is 3.92. The van der Waals surface area contributed by atoms with E-state index >= 15 is 0 Å². The van der Waals surface area contributed by atoms with Gasteiger partial charge in [0.25, 0.3) is 0 Å². The Bertz CT molecular complexity index is 437. The highest BCUT2D eigenvalue weighted by Crippen LogP contribution is 2.13. The number of rotatable bonds is 7. The SMILES string of the molecule is COc1ccc(COC[C@H](O)CN2C[C@@H](C)OC[C@@H]2C)cc1. The van der Waals surface area contributed by atoms with Crippen LogP contribution in [-0.4, -0.2) is 61.7 Å². The standard InChI is InChI=1S/C17H27NO4/c1-13-10-22-14(2)8-18(13)9-16(19)12-21-11-15-4-6-17(20-3)7-5-15/h4-7,13-14,16,19H,8-12H2,1-3H3/t13-,14+,16+/m0/s1. The van der Waals surface area contributed by atoms with Crippen LogP contribution in [0.5, 0.6) is 5.75 Å². The molecule has 5 nitrogen and oxygen atoms in total. The van der Waals surface area contributed by atoms with Crippen LogP contribution in [0, 0.1) is 0 Å². The highest BCUT2D eigenvalue weighted by molar-refractivity contribution is 5.26. The number of hydrogen-bond acceptors (Lipinski definition) is 5. The van der Waals surface area contributed by atoms with Crippen LogP contribution in [0.25, 0.3) is 0 Å². The average Bonchev–Trinajstić information content (AvgIpc) is 2.51. The van der Waals surface area contributed by atoms with Crippen LogP contribution < -0.4 is 4.74 Å². The van der Waals surface area contributed by atoms with Crippen molar-refractivity contribution in [2.75, 3.05) is 33.4 Å². The lowest BCUT2D eigenvalue weighted by molar-refractivity contribution is -0.0712. The van der Waals surface area contributed by atoms with Gasteiger partial charge in [-0.15, -0.1) is 0 Å². The second-order valence-electron chi connectivity index (χ2n) is 5.96. The van der Waals surface area contributed by atoms with Crippen molar-refractivity contribution in [1.29, 1.82) is 0 Å². The van der Waals surface area contributed by atoms with Gasteiger partial charge < -0.3 is 19.3 Å². The fourth-order valence-electron chi connectivity index (χ4n) is 2.58. The minimum absolute atomic E-state index is 0.226. The Morgan fingerprint density at radius 3 is 2.73 bits per heavy atom. The molecule has 0 saturated carbocycles. The number of benzene rings is 1. The van der Waals surface area contributed by atoms with Gasteiger partial charge in [-0.2, -0.15) is 0 Å². The van der Waals surface area contributed by atoms with Crippen LogP contribution in [0.4, 0.5) is 0 Å². The first-order valence-electron chi connectivity index (χ1n) is 7.83. The minimum atomic E-state index is -0.481. The molecule has 0 radical (unpaired) electrons. The molecule has 0 aromatic heterocycles. The Labute approximate surface area is 132 Å². The molecule has 124 valence electrons. The van der Waals surface area contributed by atoms with E-state index in [0.29, 0.717) is 25.8 Å². The quantitative estimate of drug-likeness (QED) is 0.830. The smallest absolute Gasteiger partial charge is 0.118 e. The number of nitrogens with zero attached hydrogens (tertiary/aromatic N) is 1. The van der Waals surface area contributed by atoms with Gasteiger partial charge in [0.15, 0.2) is 0 Å². The molecule has 2 rings (SSSR count). The van der Waals surface area contributed by atoms with Crippen molar-refractivity contribution < 1.29 is 19.3 Å². The number of morpholine rings is 1. The zero-order chi connectivity index (χ0) is 15.9. The van der Waals surface area contributed by atoms with E-state index in [4.69, 9.17) is 14.2 Å². The lowest BCUT2D eigenvalue weighted by atomic mass is 10.2. The molecule has 1 heterocycles. The molecule has 0 aliphatic carbocycles. The van der Waals surface area contributed by atoms with E-state index in [1.54, 1.807) is 7.11 Å². The van der Waals surface area contributed by atoms with Gasteiger partial charge in [-0.1, -0.05) is 12.1 Å². The van der Waals surface area contributed by atoms with Crippen molar-refractivity contribution in [3.05, 3.63) is 29.8 Å². The van der Waals surface area contributed by atoms with E-state index in [0.717, 1.165) is 24.5 Å². The second-order valence-corrected chi connectivity index (χ2v) is 5.96. The number of aliphatic hydroxyl groups is 1. The molecule has 1 saturated heterocycles. The number of ether oxygens (including phenoxy) is 3. The van der Waals surface area contributed by atoms with Gasteiger partial charge in [0.2, 0.25) is 0 Å². The number of methoxy groups -OCH3 is 1. The highest BCUT2D eigenvalue weighted by atomic mass is 16.5. The molecule has 1 aromatic carbocycles. The van der Waals surface area contributed by atoms with Gasteiger partial charge in [0.05, 0.1) is 39.1 Å². The third kappa shape index (κ3) is 5.25. The Hall–Kier alpha value is -1.14. The van der Waals surface area contributed by atoms with E-state index in [-0.39, 0.29) is 6.10 Å². The van der Waals surface area contributed by atoms with Crippen LogP contribution in [-0.2, 0) is 16.1 Å². The molecule has 1 aliphatic heterocycles. The second kappa shape index (κ2) is 8.48. The number of hydrogen-bond donors (Lipinski definition) is 1. The largest absolute Gasteiger partial charge is 0.497 e. The van der Waals surface area contributed by atoms with Crippen molar-refractivity contribution >= 4 is 0 Å². The minimum Gasteiger partial charge on any atom is -0.497 e. The van der Waals surface area contributed by atoms with Crippen LogP contribution >= 0.6 is 0 Å². The maximum Gasteiger partial charge on any atom is 0.118 e. The summed E-state index contributed by atoms with van der Waals surface area (Å²) in [6.45, 7) is 7.22. The molecular formula is C17H27NO4. The van der Waals surface area contributed by atoms with E-state index in [2.05, 4.69) is 18.7 Å². The lowest BCUT2D eigenvalue weighted by Gasteiger charge is -2.37. The summed E-state index contributed by atoms with van der Waals surface area (Å²) in [5, 5.41) is 10.1. The zero-order valence-corrected chi connectivity index (χ0v) is 13.7. The zero-order valence-electron chi connectivity index (χ0n) is 13.7. The monoisotopic (exact) mass is 309 g/mol. The maximum absolute atomic E-state index is 10.1. The van der Waals surface area contributed by atoms with Crippen molar-refractivity contribution in [2.45, 2.75) is 38.7 Å². The summed E-state index contributed by atoms with van der Waals surface area (Å²) in [6.07, 6.45) is -0.255. The first-order valence-corrected chi connectivity index (χ1v) is 7.83. The predicted octanol–water partition coefficient (Wildman–Crippen LogP) is 1.68.